The second-order valence-corrected chi connectivity index (χ2v) is 3.25. The Kier molecular flexibility index (Phi) is 5.90. The van der Waals surface area contributed by atoms with E-state index in [1.807, 2.05) is 19.9 Å². The number of nitrogens with zero attached hydrogens (tertiary/aromatic N) is 1. The van der Waals surface area contributed by atoms with Crippen molar-refractivity contribution in [3.63, 3.8) is 0 Å². The van der Waals surface area contributed by atoms with Crippen molar-refractivity contribution >= 4 is 5.91 Å². The Morgan fingerprint density at radius 2 is 2.08 bits per heavy atom. The summed E-state index contributed by atoms with van der Waals surface area (Å²) in [5.74, 6) is -0.0204. The highest BCUT2D eigenvalue weighted by Crippen LogP contribution is 1.85. The first-order valence-corrected chi connectivity index (χ1v) is 4.48. The van der Waals surface area contributed by atoms with Crippen LogP contribution in [0.3, 0.4) is 0 Å². The van der Waals surface area contributed by atoms with Crippen LogP contribution in [0.5, 0.6) is 0 Å². The van der Waals surface area contributed by atoms with Crippen LogP contribution in [0.15, 0.2) is 0 Å². The zero-order valence-electron chi connectivity index (χ0n) is 8.42. The molecule has 0 aromatic heterocycles. The summed E-state index contributed by atoms with van der Waals surface area (Å²) in [6, 6.07) is 1.94. The van der Waals surface area contributed by atoms with E-state index in [0.29, 0.717) is 13.0 Å². The van der Waals surface area contributed by atoms with E-state index in [9.17, 15) is 4.79 Å². The van der Waals surface area contributed by atoms with Gasteiger partial charge in [-0.15, -0.1) is 0 Å². The summed E-state index contributed by atoms with van der Waals surface area (Å²) in [4.78, 5) is 11.3. The normalized spacial score (nSPS) is 12.2. The third-order valence-corrected chi connectivity index (χ3v) is 1.51. The SMILES string of the molecule is CC(C)NC(=O)C(C)NCCC#N. The standard InChI is InChI=1S/C9H17N3O/c1-7(2)12-9(13)8(3)11-6-4-5-10/h7-8,11H,4,6H2,1-3H3,(H,12,13). The van der Waals surface area contributed by atoms with E-state index in [-0.39, 0.29) is 18.0 Å². The van der Waals surface area contributed by atoms with Crippen LogP contribution in [0.1, 0.15) is 27.2 Å². The zero-order chi connectivity index (χ0) is 10.3. The predicted octanol–water partition coefficient (Wildman–Crippen LogP) is 0.403. The summed E-state index contributed by atoms with van der Waals surface area (Å²) in [6.07, 6.45) is 0.430. The van der Waals surface area contributed by atoms with E-state index in [4.69, 9.17) is 5.26 Å². The Hall–Kier alpha value is -1.08. The van der Waals surface area contributed by atoms with Gasteiger partial charge < -0.3 is 10.6 Å². The molecule has 0 saturated carbocycles. The predicted molar refractivity (Wildman–Crippen MR) is 51.0 cm³/mol. The number of hydrogen-bond donors (Lipinski definition) is 2. The van der Waals surface area contributed by atoms with Gasteiger partial charge in [0.05, 0.1) is 12.1 Å². The molecule has 0 aliphatic rings. The molecule has 0 heterocycles. The fourth-order valence-corrected chi connectivity index (χ4v) is 0.847. The Bertz CT molecular complexity index is 196. The number of rotatable bonds is 5. The first-order valence-electron chi connectivity index (χ1n) is 4.48. The minimum absolute atomic E-state index is 0.0204. The molecule has 2 N–H and O–H groups in total. The lowest BCUT2D eigenvalue weighted by Crippen LogP contribution is -2.44. The molecular formula is C9H17N3O. The van der Waals surface area contributed by atoms with Gasteiger partial charge in [-0.2, -0.15) is 5.26 Å². The molecule has 4 heteroatoms. The Morgan fingerprint density at radius 1 is 1.46 bits per heavy atom. The number of nitrogens with one attached hydrogen (secondary N) is 2. The van der Waals surface area contributed by atoms with Crippen molar-refractivity contribution in [3.05, 3.63) is 0 Å². The van der Waals surface area contributed by atoms with E-state index < -0.39 is 0 Å². The Morgan fingerprint density at radius 3 is 2.54 bits per heavy atom. The van der Waals surface area contributed by atoms with Crippen molar-refractivity contribution in [2.24, 2.45) is 0 Å². The molecule has 0 aromatic rings. The molecule has 0 spiro atoms. The van der Waals surface area contributed by atoms with Crippen molar-refractivity contribution < 1.29 is 4.79 Å². The van der Waals surface area contributed by atoms with Crippen molar-refractivity contribution in [2.45, 2.75) is 39.3 Å². The Labute approximate surface area is 79.3 Å². The molecular weight excluding hydrogens is 166 g/mol. The maximum absolute atomic E-state index is 11.3. The van der Waals surface area contributed by atoms with Gasteiger partial charge in [-0.3, -0.25) is 4.79 Å². The molecule has 74 valence electrons. The first kappa shape index (κ1) is 11.9. The molecule has 0 fully saturated rings. The van der Waals surface area contributed by atoms with Crippen LogP contribution in [-0.2, 0) is 4.79 Å². The van der Waals surface area contributed by atoms with Gasteiger partial charge >= 0.3 is 0 Å². The summed E-state index contributed by atoms with van der Waals surface area (Å²) in [5.41, 5.74) is 0. The average Bonchev–Trinajstić information content (AvgIpc) is 2.03. The molecule has 1 atom stereocenters. The number of hydrogen-bond acceptors (Lipinski definition) is 3. The van der Waals surface area contributed by atoms with Crippen molar-refractivity contribution in [2.75, 3.05) is 6.54 Å². The minimum atomic E-state index is -0.226. The summed E-state index contributed by atoms with van der Waals surface area (Å²) in [7, 11) is 0. The van der Waals surface area contributed by atoms with Gasteiger partial charge in [-0.25, -0.2) is 0 Å². The summed E-state index contributed by atoms with van der Waals surface area (Å²) < 4.78 is 0. The van der Waals surface area contributed by atoms with Crippen LogP contribution < -0.4 is 10.6 Å². The van der Waals surface area contributed by atoms with Crippen LogP contribution in [0.25, 0.3) is 0 Å². The fraction of sp³-hybridized carbons (Fsp3) is 0.778. The maximum Gasteiger partial charge on any atom is 0.237 e. The molecule has 0 aliphatic carbocycles. The van der Waals surface area contributed by atoms with E-state index in [1.54, 1.807) is 6.92 Å². The maximum atomic E-state index is 11.3. The third kappa shape index (κ3) is 6.12. The van der Waals surface area contributed by atoms with Gasteiger partial charge in [0, 0.05) is 19.0 Å². The molecule has 0 saturated heterocycles. The first-order chi connectivity index (χ1) is 6.07. The highest BCUT2D eigenvalue weighted by molar-refractivity contribution is 5.81. The average molecular weight is 183 g/mol. The van der Waals surface area contributed by atoms with Crippen LogP contribution in [0, 0.1) is 11.3 Å². The molecule has 0 radical (unpaired) electrons. The van der Waals surface area contributed by atoms with Crippen molar-refractivity contribution in [1.29, 1.82) is 5.26 Å². The molecule has 0 bridgehead atoms. The second kappa shape index (κ2) is 6.44. The van der Waals surface area contributed by atoms with E-state index in [0.717, 1.165) is 0 Å². The Balaban J connectivity index is 3.64. The van der Waals surface area contributed by atoms with E-state index in [1.165, 1.54) is 0 Å². The topological polar surface area (TPSA) is 64.9 Å². The highest BCUT2D eigenvalue weighted by atomic mass is 16.2. The molecule has 13 heavy (non-hydrogen) atoms. The van der Waals surface area contributed by atoms with Crippen LogP contribution in [0.2, 0.25) is 0 Å². The number of amides is 1. The largest absolute Gasteiger partial charge is 0.353 e. The van der Waals surface area contributed by atoms with Gasteiger partial charge in [0.1, 0.15) is 0 Å². The minimum Gasteiger partial charge on any atom is -0.353 e. The fourth-order valence-electron chi connectivity index (χ4n) is 0.847. The van der Waals surface area contributed by atoms with Crippen molar-refractivity contribution in [3.8, 4) is 6.07 Å². The molecule has 4 nitrogen and oxygen atoms in total. The monoisotopic (exact) mass is 183 g/mol. The highest BCUT2D eigenvalue weighted by Gasteiger charge is 2.11. The molecule has 0 aliphatic heterocycles. The van der Waals surface area contributed by atoms with Gasteiger partial charge in [0.2, 0.25) is 5.91 Å². The lowest BCUT2D eigenvalue weighted by Gasteiger charge is -2.14. The van der Waals surface area contributed by atoms with Crippen LogP contribution in [-0.4, -0.2) is 24.5 Å². The van der Waals surface area contributed by atoms with Gasteiger partial charge in [-0.05, 0) is 20.8 Å². The lowest BCUT2D eigenvalue weighted by molar-refractivity contribution is -0.123. The van der Waals surface area contributed by atoms with Gasteiger partial charge in [0.15, 0.2) is 0 Å². The molecule has 1 amide bonds. The van der Waals surface area contributed by atoms with Crippen molar-refractivity contribution in [1.82, 2.24) is 10.6 Å². The second-order valence-electron chi connectivity index (χ2n) is 3.25. The van der Waals surface area contributed by atoms with Crippen LogP contribution in [0.4, 0.5) is 0 Å². The quantitative estimate of drug-likeness (QED) is 0.606. The molecule has 0 rings (SSSR count). The molecule has 0 aromatic carbocycles. The third-order valence-electron chi connectivity index (χ3n) is 1.51. The molecule has 1 unspecified atom stereocenters. The summed E-state index contributed by atoms with van der Waals surface area (Å²) in [6.45, 7) is 6.18. The summed E-state index contributed by atoms with van der Waals surface area (Å²) >= 11 is 0. The van der Waals surface area contributed by atoms with E-state index in [2.05, 4.69) is 10.6 Å². The lowest BCUT2D eigenvalue weighted by atomic mass is 10.2. The smallest absolute Gasteiger partial charge is 0.237 e. The summed E-state index contributed by atoms with van der Waals surface area (Å²) in [5, 5.41) is 14.0. The van der Waals surface area contributed by atoms with Gasteiger partial charge in [0.25, 0.3) is 0 Å². The number of carbonyl (C=O) groups excluding carboxylic acids is 1. The van der Waals surface area contributed by atoms with Gasteiger partial charge in [-0.1, -0.05) is 0 Å². The number of carbonyl (C=O) groups is 1. The zero-order valence-corrected chi connectivity index (χ0v) is 8.42. The number of nitriles is 1. The van der Waals surface area contributed by atoms with Crippen LogP contribution >= 0.6 is 0 Å². The van der Waals surface area contributed by atoms with E-state index >= 15 is 0 Å².